The highest BCUT2D eigenvalue weighted by Gasteiger charge is 2.04. The molecule has 0 aromatic heterocycles. The molecule has 0 heterocycles. The van der Waals surface area contributed by atoms with Crippen LogP contribution >= 0.6 is 12.6 Å². The van der Waals surface area contributed by atoms with Crippen molar-refractivity contribution in [3.05, 3.63) is 0 Å². The molecule has 0 radical (unpaired) electrons. The lowest BCUT2D eigenvalue weighted by molar-refractivity contribution is 0.297. The minimum Gasteiger partial charge on any atom is -0.304 e. The fourth-order valence-electron chi connectivity index (χ4n) is 1.35. The van der Waals surface area contributed by atoms with Crippen LogP contribution in [-0.2, 0) is 0 Å². The van der Waals surface area contributed by atoms with Crippen LogP contribution in [0.5, 0.6) is 0 Å². The molecule has 0 aromatic carbocycles. The first kappa shape index (κ1) is 12.3. The number of hydrogen-bond acceptors (Lipinski definition) is 2. The zero-order valence-electron chi connectivity index (χ0n) is 8.71. The fourth-order valence-corrected chi connectivity index (χ4v) is 1.72. The summed E-state index contributed by atoms with van der Waals surface area (Å²) in [4.78, 5) is 2.46. The molecule has 1 nitrogen and oxygen atoms in total. The minimum absolute atomic E-state index is 0.607. The Bertz CT molecular complexity index is 91.8. The molecule has 0 amide bonds. The number of hydrogen-bond donors (Lipinski definition) is 1. The van der Waals surface area contributed by atoms with E-state index in [1.165, 1.54) is 38.9 Å². The SMILES string of the molecule is CCCC(S)CCN(CC)CC. The molecular weight excluding hydrogens is 166 g/mol. The van der Waals surface area contributed by atoms with E-state index < -0.39 is 0 Å². The van der Waals surface area contributed by atoms with Gasteiger partial charge in [-0.2, -0.15) is 12.6 Å². The van der Waals surface area contributed by atoms with E-state index >= 15 is 0 Å². The van der Waals surface area contributed by atoms with Crippen molar-refractivity contribution in [1.29, 1.82) is 0 Å². The van der Waals surface area contributed by atoms with Gasteiger partial charge in [-0.05, 0) is 32.5 Å². The average Bonchev–Trinajstić information content (AvgIpc) is 2.07. The van der Waals surface area contributed by atoms with Gasteiger partial charge in [-0.15, -0.1) is 0 Å². The third kappa shape index (κ3) is 5.90. The predicted molar refractivity (Wildman–Crippen MR) is 60.1 cm³/mol. The predicted octanol–water partition coefficient (Wildman–Crippen LogP) is 2.82. The maximum Gasteiger partial charge on any atom is 0.00288 e. The van der Waals surface area contributed by atoms with Crippen molar-refractivity contribution in [3.8, 4) is 0 Å². The van der Waals surface area contributed by atoms with E-state index in [9.17, 15) is 0 Å². The molecule has 0 bridgehead atoms. The molecule has 0 rings (SSSR count). The van der Waals surface area contributed by atoms with Crippen LogP contribution in [-0.4, -0.2) is 29.8 Å². The standard InChI is InChI=1S/C10H23NS/c1-4-7-10(12)8-9-11(5-2)6-3/h10,12H,4-9H2,1-3H3. The fraction of sp³-hybridized carbons (Fsp3) is 1.00. The molecule has 0 saturated carbocycles. The highest BCUT2D eigenvalue weighted by atomic mass is 32.1. The number of nitrogens with zero attached hydrogens (tertiary/aromatic N) is 1. The van der Waals surface area contributed by atoms with Crippen molar-refractivity contribution in [2.75, 3.05) is 19.6 Å². The number of thiol groups is 1. The van der Waals surface area contributed by atoms with Gasteiger partial charge in [-0.25, -0.2) is 0 Å². The smallest absolute Gasteiger partial charge is 0.00288 e. The summed E-state index contributed by atoms with van der Waals surface area (Å²) in [7, 11) is 0. The van der Waals surface area contributed by atoms with E-state index in [0.29, 0.717) is 5.25 Å². The van der Waals surface area contributed by atoms with Gasteiger partial charge in [0.2, 0.25) is 0 Å². The van der Waals surface area contributed by atoms with Gasteiger partial charge in [0, 0.05) is 5.25 Å². The zero-order chi connectivity index (χ0) is 9.40. The Kier molecular flexibility index (Phi) is 8.14. The normalized spacial score (nSPS) is 13.8. The lowest BCUT2D eigenvalue weighted by Gasteiger charge is -2.19. The van der Waals surface area contributed by atoms with Gasteiger partial charge in [-0.3, -0.25) is 0 Å². The topological polar surface area (TPSA) is 3.24 Å². The highest BCUT2D eigenvalue weighted by Crippen LogP contribution is 2.09. The van der Waals surface area contributed by atoms with Gasteiger partial charge in [-0.1, -0.05) is 27.2 Å². The summed E-state index contributed by atoms with van der Waals surface area (Å²) in [6.45, 7) is 10.2. The molecule has 0 spiro atoms. The molecule has 0 aliphatic carbocycles. The second-order valence-corrected chi connectivity index (χ2v) is 3.99. The Morgan fingerprint density at radius 2 is 1.67 bits per heavy atom. The van der Waals surface area contributed by atoms with Crippen molar-refractivity contribution in [2.45, 2.75) is 45.3 Å². The van der Waals surface area contributed by atoms with Crippen LogP contribution < -0.4 is 0 Å². The summed E-state index contributed by atoms with van der Waals surface area (Å²) in [5.41, 5.74) is 0. The largest absolute Gasteiger partial charge is 0.304 e. The van der Waals surface area contributed by atoms with Crippen molar-refractivity contribution in [1.82, 2.24) is 4.90 Å². The van der Waals surface area contributed by atoms with Crippen LogP contribution in [0.3, 0.4) is 0 Å². The minimum atomic E-state index is 0.607. The monoisotopic (exact) mass is 189 g/mol. The van der Waals surface area contributed by atoms with Crippen LogP contribution in [0.2, 0.25) is 0 Å². The Balaban J connectivity index is 3.37. The Labute approximate surface area is 82.9 Å². The first-order chi connectivity index (χ1) is 5.74. The molecule has 1 unspecified atom stereocenters. The van der Waals surface area contributed by atoms with E-state index in [4.69, 9.17) is 0 Å². The summed E-state index contributed by atoms with van der Waals surface area (Å²) in [6.07, 6.45) is 3.75. The molecule has 1 atom stereocenters. The maximum absolute atomic E-state index is 4.54. The average molecular weight is 189 g/mol. The molecule has 0 aliphatic heterocycles. The van der Waals surface area contributed by atoms with Crippen LogP contribution in [0.15, 0.2) is 0 Å². The summed E-state index contributed by atoms with van der Waals surface area (Å²) in [5.74, 6) is 0. The van der Waals surface area contributed by atoms with Crippen molar-refractivity contribution in [3.63, 3.8) is 0 Å². The highest BCUT2D eigenvalue weighted by molar-refractivity contribution is 7.80. The van der Waals surface area contributed by atoms with Gasteiger partial charge in [0.25, 0.3) is 0 Å². The van der Waals surface area contributed by atoms with Crippen molar-refractivity contribution >= 4 is 12.6 Å². The van der Waals surface area contributed by atoms with E-state index in [0.717, 1.165) is 0 Å². The molecule has 0 aromatic rings. The van der Waals surface area contributed by atoms with Gasteiger partial charge in [0.15, 0.2) is 0 Å². The van der Waals surface area contributed by atoms with Crippen LogP contribution in [0, 0.1) is 0 Å². The first-order valence-corrected chi connectivity index (χ1v) is 5.66. The molecule has 74 valence electrons. The Morgan fingerprint density at radius 1 is 1.08 bits per heavy atom. The quantitative estimate of drug-likeness (QED) is 0.603. The lowest BCUT2D eigenvalue weighted by Crippen LogP contribution is -2.25. The summed E-state index contributed by atoms with van der Waals surface area (Å²) in [6, 6.07) is 0. The third-order valence-electron chi connectivity index (χ3n) is 2.29. The molecule has 0 N–H and O–H groups in total. The van der Waals surface area contributed by atoms with Gasteiger partial charge in [0.05, 0.1) is 0 Å². The first-order valence-electron chi connectivity index (χ1n) is 5.14. The van der Waals surface area contributed by atoms with Crippen molar-refractivity contribution < 1.29 is 0 Å². The van der Waals surface area contributed by atoms with Crippen molar-refractivity contribution in [2.24, 2.45) is 0 Å². The zero-order valence-corrected chi connectivity index (χ0v) is 9.61. The molecule has 0 saturated heterocycles. The molecule has 2 heteroatoms. The third-order valence-corrected chi connectivity index (χ3v) is 2.81. The van der Waals surface area contributed by atoms with Crippen LogP contribution in [0.1, 0.15) is 40.0 Å². The lowest BCUT2D eigenvalue weighted by atomic mass is 10.2. The summed E-state index contributed by atoms with van der Waals surface area (Å²) >= 11 is 4.54. The molecule has 12 heavy (non-hydrogen) atoms. The molecular formula is C10H23NS. The van der Waals surface area contributed by atoms with Crippen LogP contribution in [0.25, 0.3) is 0 Å². The Morgan fingerprint density at radius 3 is 2.08 bits per heavy atom. The molecule has 0 aliphatic rings. The maximum atomic E-state index is 4.54. The van der Waals surface area contributed by atoms with E-state index in [-0.39, 0.29) is 0 Å². The van der Waals surface area contributed by atoms with Gasteiger partial charge >= 0.3 is 0 Å². The summed E-state index contributed by atoms with van der Waals surface area (Å²) in [5, 5.41) is 0.607. The van der Waals surface area contributed by atoms with E-state index in [1.54, 1.807) is 0 Å². The van der Waals surface area contributed by atoms with Gasteiger partial charge in [0.1, 0.15) is 0 Å². The summed E-state index contributed by atoms with van der Waals surface area (Å²) < 4.78 is 0. The Hall–Kier alpha value is 0.310. The second-order valence-electron chi connectivity index (χ2n) is 3.26. The second kappa shape index (κ2) is 7.93. The van der Waals surface area contributed by atoms with E-state index in [1.807, 2.05) is 0 Å². The molecule has 0 fully saturated rings. The number of rotatable bonds is 7. The van der Waals surface area contributed by atoms with E-state index in [2.05, 4.69) is 38.3 Å². The van der Waals surface area contributed by atoms with Gasteiger partial charge < -0.3 is 4.90 Å². The van der Waals surface area contributed by atoms with Crippen LogP contribution in [0.4, 0.5) is 0 Å².